The molecule has 1 rings (SSSR count). The Morgan fingerprint density at radius 3 is 2.86 bits per heavy atom. The molecule has 0 heterocycles. The molecule has 72 valence electrons. The zero-order valence-electron chi connectivity index (χ0n) is 8.12. The molecule has 0 bridgehead atoms. The van der Waals surface area contributed by atoms with Crippen molar-refractivity contribution in [3.63, 3.8) is 0 Å². The quantitative estimate of drug-likeness (QED) is 0.535. The van der Waals surface area contributed by atoms with Crippen LogP contribution in [0.15, 0.2) is 24.3 Å². The summed E-state index contributed by atoms with van der Waals surface area (Å²) < 4.78 is 5.32. The van der Waals surface area contributed by atoms with Gasteiger partial charge in [-0.15, -0.1) is 6.42 Å². The topological polar surface area (TPSA) is 26.3 Å². The highest BCUT2D eigenvalue weighted by atomic mass is 16.5. The van der Waals surface area contributed by atoms with Gasteiger partial charge in [0.1, 0.15) is 5.75 Å². The molecule has 0 N–H and O–H groups in total. The first-order chi connectivity index (χ1) is 6.79. The van der Waals surface area contributed by atoms with E-state index in [9.17, 15) is 4.79 Å². The lowest BCUT2D eigenvalue weighted by atomic mass is 10.1. The number of hydrogen-bond acceptors (Lipinski definition) is 2. The van der Waals surface area contributed by atoms with Crippen molar-refractivity contribution in [1.29, 1.82) is 0 Å². The maximum atomic E-state index is 11.5. The first kappa shape index (κ1) is 10.3. The van der Waals surface area contributed by atoms with E-state index in [1.54, 1.807) is 18.2 Å². The highest BCUT2D eigenvalue weighted by molar-refractivity contribution is 5.99. The SMILES string of the molecule is C#CCC(=O)c1ccccc1OCC. The molecule has 0 unspecified atom stereocenters. The van der Waals surface area contributed by atoms with E-state index in [-0.39, 0.29) is 12.2 Å². The summed E-state index contributed by atoms with van der Waals surface area (Å²) in [7, 11) is 0. The Hall–Kier alpha value is -1.75. The van der Waals surface area contributed by atoms with Crippen LogP contribution in [0, 0.1) is 12.3 Å². The average Bonchev–Trinajstić information content (AvgIpc) is 2.19. The number of para-hydroxylation sites is 1. The van der Waals surface area contributed by atoms with Crippen LogP contribution < -0.4 is 4.74 Å². The largest absolute Gasteiger partial charge is 0.493 e. The Kier molecular flexibility index (Phi) is 3.75. The van der Waals surface area contributed by atoms with Crippen molar-refractivity contribution in [2.75, 3.05) is 6.61 Å². The van der Waals surface area contributed by atoms with E-state index >= 15 is 0 Å². The Morgan fingerprint density at radius 1 is 1.50 bits per heavy atom. The minimum atomic E-state index is -0.0726. The lowest BCUT2D eigenvalue weighted by Gasteiger charge is -2.07. The van der Waals surface area contributed by atoms with Gasteiger partial charge in [-0.2, -0.15) is 0 Å². The van der Waals surface area contributed by atoms with Gasteiger partial charge in [-0.05, 0) is 19.1 Å². The zero-order valence-corrected chi connectivity index (χ0v) is 8.12. The first-order valence-corrected chi connectivity index (χ1v) is 4.48. The highest BCUT2D eigenvalue weighted by Crippen LogP contribution is 2.19. The highest BCUT2D eigenvalue weighted by Gasteiger charge is 2.09. The molecule has 2 nitrogen and oxygen atoms in total. The van der Waals surface area contributed by atoms with E-state index in [1.807, 2.05) is 13.0 Å². The molecular weight excluding hydrogens is 176 g/mol. The van der Waals surface area contributed by atoms with Crippen molar-refractivity contribution < 1.29 is 9.53 Å². The van der Waals surface area contributed by atoms with Crippen LogP contribution in [0.2, 0.25) is 0 Å². The second kappa shape index (κ2) is 5.08. The molecule has 0 aliphatic heterocycles. The monoisotopic (exact) mass is 188 g/mol. The van der Waals surface area contributed by atoms with Crippen molar-refractivity contribution in [1.82, 2.24) is 0 Å². The van der Waals surface area contributed by atoms with E-state index < -0.39 is 0 Å². The Bertz CT molecular complexity index is 361. The summed E-state index contributed by atoms with van der Waals surface area (Å²) in [5, 5.41) is 0. The van der Waals surface area contributed by atoms with Crippen LogP contribution in [0.3, 0.4) is 0 Å². The van der Waals surface area contributed by atoms with Gasteiger partial charge >= 0.3 is 0 Å². The van der Waals surface area contributed by atoms with Crippen molar-refractivity contribution in [2.45, 2.75) is 13.3 Å². The van der Waals surface area contributed by atoms with Crippen LogP contribution in [-0.2, 0) is 0 Å². The van der Waals surface area contributed by atoms with Crippen molar-refractivity contribution in [3.8, 4) is 18.1 Å². The van der Waals surface area contributed by atoms with E-state index in [0.717, 1.165) is 0 Å². The van der Waals surface area contributed by atoms with Gasteiger partial charge in [0.05, 0.1) is 18.6 Å². The van der Waals surface area contributed by atoms with Crippen molar-refractivity contribution in [2.24, 2.45) is 0 Å². The second-order valence-corrected chi connectivity index (χ2v) is 2.73. The average molecular weight is 188 g/mol. The van der Waals surface area contributed by atoms with Gasteiger partial charge < -0.3 is 4.74 Å². The van der Waals surface area contributed by atoms with Crippen LogP contribution in [0.4, 0.5) is 0 Å². The molecule has 1 aromatic carbocycles. The lowest BCUT2D eigenvalue weighted by Crippen LogP contribution is -2.02. The van der Waals surface area contributed by atoms with Crippen LogP contribution in [0.1, 0.15) is 23.7 Å². The van der Waals surface area contributed by atoms with Crippen LogP contribution in [0.25, 0.3) is 0 Å². The fourth-order valence-corrected chi connectivity index (χ4v) is 1.17. The summed E-state index contributed by atoms with van der Waals surface area (Å²) in [4.78, 5) is 11.5. The molecule has 0 fully saturated rings. The number of Topliss-reactive ketones (excluding diaryl/α,β-unsaturated/α-hetero) is 1. The second-order valence-electron chi connectivity index (χ2n) is 2.73. The predicted molar refractivity (Wildman–Crippen MR) is 55.4 cm³/mol. The fraction of sp³-hybridized carbons (Fsp3) is 0.250. The number of ether oxygens (including phenoxy) is 1. The Balaban J connectivity index is 2.95. The molecule has 0 saturated heterocycles. The molecule has 0 saturated carbocycles. The molecule has 0 atom stereocenters. The number of hydrogen-bond donors (Lipinski definition) is 0. The molecule has 0 aliphatic rings. The number of terminal acetylenes is 1. The van der Waals surface area contributed by atoms with Gasteiger partial charge in [0.25, 0.3) is 0 Å². The zero-order chi connectivity index (χ0) is 10.4. The minimum Gasteiger partial charge on any atom is -0.493 e. The normalized spacial score (nSPS) is 9.14. The Morgan fingerprint density at radius 2 is 2.21 bits per heavy atom. The maximum absolute atomic E-state index is 11.5. The summed E-state index contributed by atoms with van der Waals surface area (Å²) in [6.07, 6.45) is 5.19. The van der Waals surface area contributed by atoms with Gasteiger partial charge in [0, 0.05) is 0 Å². The molecule has 1 aromatic rings. The van der Waals surface area contributed by atoms with Crippen LogP contribution in [-0.4, -0.2) is 12.4 Å². The molecule has 0 aromatic heterocycles. The number of carbonyl (C=O) groups is 1. The number of benzene rings is 1. The first-order valence-electron chi connectivity index (χ1n) is 4.48. The molecule has 0 radical (unpaired) electrons. The predicted octanol–water partition coefficient (Wildman–Crippen LogP) is 2.29. The Labute approximate surface area is 83.9 Å². The fourth-order valence-electron chi connectivity index (χ4n) is 1.17. The molecule has 0 spiro atoms. The lowest BCUT2D eigenvalue weighted by molar-refractivity contribution is 0.0994. The van der Waals surface area contributed by atoms with Gasteiger partial charge in [-0.3, -0.25) is 4.79 Å². The molecule has 2 heteroatoms. The molecule has 0 aliphatic carbocycles. The van der Waals surface area contributed by atoms with Gasteiger partial charge in [-0.25, -0.2) is 0 Å². The third-order valence-electron chi connectivity index (χ3n) is 1.75. The van der Waals surface area contributed by atoms with Gasteiger partial charge in [-0.1, -0.05) is 18.1 Å². The summed E-state index contributed by atoms with van der Waals surface area (Å²) >= 11 is 0. The van der Waals surface area contributed by atoms with Crippen molar-refractivity contribution >= 4 is 5.78 Å². The maximum Gasteiger partial charge on any atom is 0.178 e. The van der Waals surface area contributed by atoms with Crippen molar-refractivity contribution in [3.05, 3.63) is 29.8 Å². The molecule has 14 heavy (non-hydrogen) atoms. The smallest absolute Gasteiger partial charge is 0.178 e. The summed E-state index contributed by atoms with van der Waals surface area (Å²) in [6.45, 7) is 2.42. The van der Waals surface area contributed by atoms with E-state index in [1.165, 1.54) is 0 Å². The third kappa shape index (κ3) is 2.37. The number of ketones is 1. The summed E-state index contributed by atoms with van der Waals surface area (Å²) in [6, 6.07) is 7.13. The van der Waals surface area contributed by atoms with Crippen LogP contribution >= 0.6 is 0 Å². The summed E-state index contributed by atoms with van der Waals surface area (Å²) in [5.74, 6) is 2.86. The van der Waals surface area contributed by atoms with Gasteiger partial charge in [0.2, 0.25) is 0 Å². The van der Waals surface area contributed by atoms with E-state index in [2.05, 4.69) is 5.92 Å². The standard InChI is InChI=1S/C12H12O2/c1-3-7-11(13)10-8-5-6-9-12(10)14-4-2/h1,5-6,8-9H,4,7H2,2H3. The van der Waals surface area contributed by atoms with E-state index in [0.29, 0.717) is 17.9 Å². The molecule has 0 amide bonds. The third-order valence-corrected chi connectivity index (χ3v) is 1.75. The van der Waals surface area contributed by atoms with E-state index in [4.69, 9.17) is 11.2 Å². The molecular formula is C12H12O2. The number of rotatable bonds is 4. The summed E-state index contributed by atoms with van der Waals surface area (Å²) in [5.41, 5.74) is 0.562. The van der Waals surface area contributed by atoms with Crippen LogP contribution in [0.5, 0.6) is 5.75 Å². The minimum absolute atomic E-state index is 0.0726. The number of carbonyl (C=O) groups excluding carboxylic acids is 1. The van der Waals surface area contributed by atoms with Gasteiger partial charge in [0.15, 0.2) is 5.78 Å².